The predicted molar refractivity (Wildman–Crippen MR) is 63.7 cm³/mol. The highest BCUT2D eigenvalue weighted by molar-refractivity contribution is 4.93. The summed E-state index contributed by atoms with van der Waals surface area (Å²) in [7, 11) is 0. The van der Waals surface area contributed by atoms with Crippen molar-refractivity contribution in [1.29, 1.82) is 0 Å². The molecular weight excluding hydrogens is 202 g/mol. The lowest BCUT2D eigenvalue weighted by atomic mass is 9.70. The van der Waals surface area contributed by atoms with Crippen LogP contribution in [0.1, 0.15) is 47.0 Å². The minimum absolute atomic E-state index is 0.00898. The lowest BCUT2D eigenvalue weighted by molar-refractivity contribution is -0.141. The van der Waals surface area contributed by atoms with Crippen LogP contribution >= 0.6 is 0 Å². The van der Waals surface area contributed by atoms with E-state index in [2.05, 4.69) is 25.6 Å². The Morgan fingerprint density at radius 3 is 2.69 bits per heavy atom. The zero-order valence-electron chi connectivity index (χ0n) is 10.7. The number of aliphatic hydroxyl groups is 1. The molecule has 0 saturated carbocycles. The van der Waals surface area contributed by atoms with E-state index in [0.29, 0.717) is 12.3 Å². The van der Waals surface area contributed by atoms with Gasteiger partial charge < -0.3 is 9.84 Å². The molecule has 1 saturated heterocycles. The van der Waals surface area contributed by atoms with E-state index in [4.69, 9.17) is 11.3 Å². The van der Waals surface area contributed by atoms with Crippen LogP contribution in [0.3, 0.4) is 0 Å². The van der Waals surface area contributed by atoms with Gasteiger partial charge in [0.25, 0.3) is 0 Å². The minimum atomic E-state index is -0.322. The van der Waals surface area contributed by atoms with Gasteiger partial charge in [0, 0.05) is 6.42 Å². The Balaban J connectivity index is 2.74. The van der Waals surface area contributed by atoms with Crippen molar-refractivity contribution in [3.8, 4) is 0 Å². The van der Waals surface area contributed by atoms with E-state index in [0.717, 1.165) is 12.8 Å². The zero-order valence-corrected chi connectivity index (χ0v) is 10.7. The van der Waals surface area contributed by atoms with Crippen molar-refractivity contribution in [2.75, 3.05) is 0 Å². The third-order valence-electron chi connectivity index (χ3n) is 4.08. The molecule has 1 N–H and O–H groups in total. The van der Waals surface area contributed by atoms with Crippen LogP contribution in [-0.4, -0.2) is 23.5 Å². The highest BCUT2D eigenvalue weighted by Crippen LogP contribution is 2.42. The molecule has 2 unspecified atom stereocenters. The summed E-state index contributed by atoms with van der Waals surface area (Å²) in [6, 6.07) is 0. The molecule has 0 amide bonds. The summed E-state index contributed by atoms with van der Waals surface area (Å²) < 4.78 is 5.78. The van der Waals surface area contributed by atoms with Crippen LogP contribution in [0.4, 0.5) is 0 Å². The molecule has 92 valence electrons. The maximum Gasteiger partial charge on any atom is 0.328 e. The van der Waals surface area contributed by atoms with Gasteiger partial charge in [-0.25, -0.2) is 6.57 Å². The summed E-state index contributed by atoms with van der Waals surface area (Å²) in [6.45, 7) is 15.6. The van der Waals surface area contributed by atoms with Crippen molar-refractivity contribution in [1.82, 2.24) is 0 Å². The van der Waals surface area contributed by atoms with Gasteiger partial charge in [0.05, 0.1) is 18.6 Å². The molecule has 0 aromatic heterocycles. The molecule has 1 heterocycles. The smallest absolute Gasteiger partial charge is 0.328 e. The third kappa shape index (κ3) is 2.75. The second-order valence-electron chi connectivity index (χ2n) is 5.46. The fraction of sp³-hybridized carbons (Fsp3) is 0.923. The van der Waals surface area contributed by atoms with Crippen LogP contribution in [0.25, 0.3) is 4.85 Å². The van der Waals surface area contributed by atoms with Gasteiger partial charge in [-0.15, -0.1) is 0 Å². The summed E-state index contributed by atoms with van der Waals surface area (Å²) in [5.74, 6) is 0.453. The van der Waals surface area contributed by atoms with Crippen molar-refractivity contribution in [3.63, 3.8) is 0 Å². The van der Waals surface area contributed by atoms with Crippen LogP contribution in [-0.2, 0) is 4.74 Å². The normalized spacial score (nSPS) is 35.4. The molecule has 0 radical (unpaired) electrons. The first-order valence-electron chi connectivity index (χ1n) is 6.11. The van der Waals surface area contributed by atoms with Gasteiger partial charge in [0.15, 0.2) is 0 Å². The summed E-state index contributed by atoms with van der Waals surface area (Å²) in [5.41, 5.74) is 0.0390. The van der Waals surface area contributed by atoms with E-state index in [1.165, 1.54) is 0 Å². The van der Waals surface area contributed by atoms with Gasteiger partial charge in [-0.05, 0) is 17.8 Å². The summed E-state index contributed by atoms with van der Waals surface area (Å²) >= 11 is 0. The summed E-state index contributed by atoms with van der Waals surface area (Å²) in [4.78, 5) is 3.49. The summed E-state index contributed by atoms with van der Waals surface area (Å²) in [5, 5.41) is 9.73. The van der Waals surface area contributed by atoms with Crippen molar-refractivity contribution in [2.24, 2.45) is 11.3 Å². The van der Waals surface area contributed by atoms with E-state index < -0.39 is 0 Å². The van der Waals surface area contributed by atoms with Crippen LogP contribution in [0.2, 0.25) is 0 Å². The van der Waals surface area contributed by atoms with Crippen molar-refractivity contribution in [2.45, 2.75) is 65.4 Å². The number of ether oxygens (including phenoxy) is 1. The second kappa shape index (κ2) is 5.16. The van der Waals surface area contributed by atoms with Gasteiger partial charge in [-0.1, -0.05) is 27.7 Å². The third-order valence-corrected chi connectivity index (χ3v) is 4.08. The van der Waals surface area contributed by atoms with Crippen molar-refractivity contribution < 1.29 is 9.84 Å². The molecule has 16 heavy (non-hydrogen) atoms. The van der Waals surface area contributed by atoms with Gasteiger partial charge in [-0.3, -0.25) is 4.85 Å². The van der Waals surface area contributed by atoms with E-state index in [1.807, 2.05) is 6.92 Å². The average molecular weight is 225 g/mol. The first-order valence-corrected chi connectivity index (χ1v) is 6.11. The van der Waals surface area contributed by atoms with Crippen LogP contribution in [0.5, 0.6) is 0 Å². The van der Waals surface area contributed by atoms with Crippen LogP contribution < -0.4 is 0 Å². The molecule has 1 aliphatic heterocycles. The number of hydrogen-bond donors (Lipinski definition) is 1. The Bertz CT molecular complexity index is 270. The van der Waals surface area contributed by atoms with Crippen molar-refractivity contribution >= 4 is 0 Å². The highest BCUT2D eigenvalue weighted by Gasteiger charge is 2.45. The quantitative estimate of drug-likeness (QED) is 0.749. The number of nitrogens with zero attached hydrogens (tertiary/aromatic N) is 1. The van der Waals surface area contributed by atoms with E-state index in [9.17, 15) is 5.11 Å². The van der Waals surface area contributed by atoms with E-state index in [-0.39, 0.29) is 23.9 Å². The fourth-order valence-corrected chi connectivity index (χ4v) is 2.20. The maximum absolute atomic E-state index is 9.73. The Morgan fingerprint density at radius 1 is 1.56 bits per heavy atom. The molecule has 4 atom stereocenters. The van der Waals surface area contributed by atoms with Gasteiger partial charge >= 0.3 is 6.23 Å². The fourth-order valence-electron chi connectivity index (χ4n) is 2.20. The average Bonchev–Trinajstić information content (AvgIpc) is 2.24. The molecule has 1 aliphatic rings. The number of aliphatic hydroxyl groups excluding tert-OH is 1. The van der Waals surface area contributed by atoms with E-state index >= 15 is 0 Å². The Labute approximate surface area is 98.6 Å². The topological polar surface area (TPSA) is 33.8 Å². The Morgan fingerprint density at radius 2 is 2.19 bits per heavy atom. The molecule has 3 heteroatoms. The monoisotopic (exact) mass is 225 g/mol. The van der Waals surface area contributed by atoms with Crippen LogP contribution in [0, 0.1) is 17.9 Å². The SMILES string of the molecule is [C-]#[N+][C@@H]1C[C@@H](C)C(C)(C)C(CC(O)CC)O1. The van der Waals surface area contributed by atoms with Crippen molar-refractivity contribution in [3.05, 3.63) is 11.4 Å². The lowest BCUT2D eigenvalue weighted by Gasteiger charge is -2.44. The van der Waals surface area contributed by atoms with Crippen LogP contribution in [0.15, 0.2) is 0 Å². The molecule has 0 spiro atoms. The molecule has 0 aromatic carbocycles. The Kier molecular flexibility index (Phi) is 4.35. The standard InChI is InChI=1S/C13H23NO2/c1-6-10(15)8-11-13(3,4)9(2)7-12(14-5)16-11/h9-12,15H,6-8H2,1-4H3/t9-,10?,11?,12+/m1/s1. The molecule has 0 aromatic rings. The lowest BCUT2D eigenvalue weighted by Crippen LogP contribution is -2.46. The van der Waals surface area contributed by atoms with Gasteiger partial charge in [0.1, 0.15) is 0 Å². The molecule has 1 fully saturated rings. The Hall–Kier alpha value is -0.590. The minimum Gasteiger partial charge on any atom is -0.393 e. The molecule has 0 aliphatic carbocycles. The van der Waals surface area contributed by atoms with Gasteiger partial charge in [-0.2, -0.15) is 0 Å². The first kappa shape index (κ1) is 13.5. The number of rotatable bonds is 3. The second-order valence-corrected chi connectivity index (χ2v) is 5.46. The van der Waals surface area contributed by atoms with Gasteiger partial charge in [0.2, 0.25) is 0 Å². The molecule has 3 nitrogen and oxygen atoms in total. The largest absolute Gasteiger partial charge is 0.393 e. The number of hydrogen-bond acceptors (Lipinski definition) is 2. The summed E-state index contributed by atoms with van der Waals surface area (Å²) in [6.07, 6.45) is 1.53. The molecule has 0 bridgehead atoms. The highest BCUT2D eigenvalue weighted by atomic mass is 16.5. The van der Waals surface area contributed by atoms with E-state index in [1.54, 1.807) is 0 Å². The first-order chi connectivity index (χ1) is 7.41. The molecule has 1 rings (SSSR count). The predicted octanol–water partition coefficient (Wildman–Crippen LogP) is 2.84. The molecular formula is C13H23NO2. The zero-order chi connectivity index (χ0) is 12.3. The maximum atomic E-state index is 9.73.